The third-order valence-corrected chi connectivity index (χ3v) is 4.34. The van der Waals surface area contributed by atoms with Crippen LogP contribution in [0.5, 0.6) is 5.75 Å². The molecule has 0 saturated heterocycles. The molecule has 0 saturated carbocycles. The lowest BCUT2D eigenvalue weighted by Gasteiger charge is -2.28. The summed E-state index contributed by atoms with van der Waals surface area (Å²) in [6.07, 6.45) is 1.90. The minimum absolute atomic E-state index is 0.00329. The molecule has 0 aliphatic heterocycles. The first kappa shape index (κ1) is 18.6. The van der Waals surface area contributed by atoms with Gasteiger partial charge in [0, 0.05) is 18.2 Å². The minimum Gasteiger partial charge on any atom is -0.507 e. The molecule has 0 amide bonds. The molecule has 0 aliphatic carbocycles. The summed E-state index contributed by atoms with van der Waals surface area (Å²) in [4.78, 5) is 15.3. The fourth-order valence-electron chi connectivity index (χ4n) is 2.75. The van der Waals surface area contributed by atoms with E-state index in [0.717, 1.165) is 16.7 Å². The second kappa shape index (κ2) is 6.29. The third-order valence-electron chi connectivity index (χ3n) is 4.12. The quantitative estimate of drug-likeness (QED) is 0.731. The lowest BCUT2D eigenvalue weighted by Crippen LogP contribution is -2.18. The molecular formula is C20H26ClNO2. The Morgan fingerprint density at radius 1 is 1.04 bits per heavy atom. The van der Waals surface area contributed by atoms with Crippen molar-refractivity contribution in [2.75, 3.05) is 0 Å². The minimum atomic E-state index is -0.208. The number of benzene rings is 1. The van der Waals surface area contributed by atoms with Crippen LogP contribution in [0.15, 0.2) is 24.4 Å². The number of carbonyl (C=O) groups is 1. The monoisotopic (exact) mass is 347 g/mol. The standard InChI is InChI=1S/C20H26ClNO2/c1-19(2,3)14-7-12(8-15(18(14)24)20(4,5)6)9-16(23)13-10-17(21)22-11-13/h7-8,10-11,22,24H,9H2,1-6H3. The Bertz CT molecular complexity index is 726. The highest BCUT2D eigenvalue weighted by molar-refractivity contribution is 6.30. The third kappa shape index (κ3) is 4.02. The highest BCUT2D eigenvalue weighted by Gasteiger charge is 2.27. The Kier molecular flexibility index (Phi) is 4.87. The van der Waals surface area contributed by atoms with Gasteiger partial charge in [-0.25, -0.2) is 0 Å². The van der Waals surface area contributed by atoms with Crippen molar-refractivity contribution in [3.8, 4) is 5.75 Å². The molecule has 2 N–H and O–H groups in total. The van der Waals surface area contributed by atoms with Crippen LogP contribution in [-0.2, 0) is 17.3 Å². The normalized spacial score (nSPS) is 12.5. The van der Waals surface area contributed by atoms with Crippen LogP contribution < -0.4 is 0 Å². The molecule has 2 aromatic rings. The summed E-state index contributed by atoms with van der Waals surface area (Å²) in [5, 5.41) is 11.2. The zero-order valence-corrected chi connectivity index (χ0v) is 16.0. The molecule has 0 unspecified atom stereocenters. The number of halogens is 1. The number of aromatic hydroxyl groups is 1. The average molecular weight is 348 g/mol. The van der Waals surface area contributed by atoms with Crippen molar-refractivity contribution in [1.82, 2.24) is 4.98 Å². The maximum absolute atomic E-state index is 12.5. The topological polar surface area (TPSA) is 53.1 Å². The van der Waals surface area contributed by atoms with Crippen molar-refractivity contribution in [3.05, 3.63) is 51.8 Å². The van der Waals surface area contributed by atoms with Gasteiger partial charge in [-0.05, 0) is 33.6 Å². The molecular weight excluding hydrogens is 322 g/mol. The van der Waals surface area contributed by atoms with E-state index in [9.17, 15) is 9.90 Å². The van der Waals surface area contributed by atoms with Crippen LogP contribution in [0.25, 0.3) is 0 Å². The maximum Gasteiger partial charge on any atom is 0.168 e. The molecule has 1 heterocycles. The number of hydrogen-bond acceptors (Lipinski definition) is 2. The summed E-state index contributed by atoms with van der Waals surface area (Å²) >= 11 is 5.86. The van der Waals surface area contributed by atoms with E-state index in [0.29, 0.717) is 16.5 Å². The molecule has 0 radical (unpaired) electrons. The van der Waals surface area contributed by atoms with Gasteiger partial charge in [0.05, 0.1) is 0 Å². The van der Waals surface area contributed by atoms with Crippen LogP contribution in [0.2, 0.25) is 5.15 Å². The van der Waals surface area contributed by atoms with Crippen molar-refractivity contribution in [2.24, 2.45) is 0 Å². The van der Waals surface area contributed by atoms with Gasteiger partial charge >= 0.3 is 0 Å². The number of phenolic OH excluding ortho intramolecular Hbond substituents is 1. The second-order valence-electron chi connectivity index (χ2n) is 8.38. The first-order chi connectivity index (χ1) is 10.9. The van der Waals surface area contributed by atoms with E-state index in [4.69, 9.17) is 11.6 Å². The number of hydrogen-bond donors (Lipinski definition) is 2. The molecule has 4 heteroatoms. The predicted molar refractivity (Wildman–Crippen MR) is 99.3 cm³/mol. The largest absolute Gasteiger partial charge is 0.507 e. The average Bonchev–Trinajstić information content (AvgIpc) is 2.84. The lowest BCUT2D eigenvalue weighted by molar-refractivity contribution is 0.0993. The summed E-state index contributed by atoms with van der Waals surface area (Å²) < 4.78 is 0. The number of phenols is 1. The van der Waals surface area contributed by atoms with Gasteiger partial charge in [-0.2, -0.15) is 0 Å². The Morgan fingerprint density at radius 2 is 1.54 bits per heavy atom. The summed E-state index contributed by atoms with van der Waals surface area (Å²) in [7, 11) is 0. The molecule has 0 bridgehead atoms. The van der Waals surface area contributed by atoms with E-state index in [2.05, 4.69) is 46.5 Å². The number of rotatable bonds is 3. The number of carbonyl (C=O) groups excluding carboxylic acids is 1. The molecule has 1 aromatic carbocycles. The van der Waals surface area contributed by atoms with Crippen molar-refractivity contribution in [1.29, 1.82) is 0 Å². The molecule has 3 nitrogen and oxygen atoms in total. The first-order valence-electron chi connectivity index (χ1n) is 8.13. The van der Waals surface area contributed by atoms with Gasteiger partial charge in [0.2, 0.25) is 0 Å². The zero-order valence-electron chi connectivity index (χ0n) is 15.2. The van der Waals surface area contributed by atoms with Crippen molar-refractivity contribution in [2.45, 2.75) is 58.8 Å². The van der Waals surface area contributed by atoms with Gasteiger partial charge in [-0.15, -0.1) is 0 Å². The number of ketones is 1. The summed E-state index contributed by atoms with van der Waals surface area (Å²) in [5.41, 5.74) is 2.79. The van der Waals surface area contributed by atoms with Crippen LogP contribution >= 0.6 is 11.6 Å². The van der Waals surface area contributed by atoms with E-state index >= 15 is 0 Å². The molecule has 0 spiro atoms. The molecule has 24 heavy (non-hydrogen) atoms. The van der Waals surface area contributed by atoms with Gasteiger partial charge in [-0.1, -0.05) is 65.3 Å². The first-order valence-corrected chi connectivity index (χ1v) is 8.51. The van der Waals surface area contributed by atoms with E-state index in [1.165, 1.54) is 0 Å². The lowest BCUT2D eigenvalue weighted by atomic mass is 9.78. The highest BCUT2D eigenvalue weighted by atomic mass is 35.5. The highest BCUT2D eigenvalue weighted by Crippen LogP contribution is 2.40. The number of H-pyrrole nitrogens is 1. The number of Topliss-reactive ketones (excluding diaryl/α,β-unsaturated/α-hetero) is 1. The SMILES string of the molecule is CC(C)(C)c1cc(CC(=O)c2c[nH]c(Cl)c2)cc(C(C)(C)C)c1O. The molecule has 0 fully saturated rings. The fourth-order valence-corrected chi connectivity index (χ4v) is 2.93. The predicted octanol–water partition coefficient (Wildman–Crippen LogP) is 5.39. The van der Waals surface area contributed by atoms with Gasteiger partial charge in [0.1, 0.15) is 10.9 Å². The zero-order chi connectivity index (χ0) is 18.3. The van der Waals surface area contributed by atoms with Crippen LogP contribution in [0.1, 0.15) is 68.6 Å². The molecule has 0 atom stereocenters. The fraction of sp³-hybridized carbons (Fsp3) is 0.450. The van der Waals surface area contributed by atoms with Crippen LogP contribution in [0.4, 0.5) is 0 Å². The maximum atomic E-state index is 12.5. The van der Waals surface area contributed by atoms with Gasteiger partial charge in [0.15, 0.2) is 5.78 Å². The van der Waals surface area contributed by atoms with Gasteiger partial charge < -0.3 is 10.1 Å². The molecule has 2 rings (SSSR count). The Balaban J connectivity index is 2.48. The van der Waals surface area contributed by atoms with Crippen LogP contribution in [0.3, 0.4) is 0 Å². The Labute approximate surface area is 149 Å². The molecule has 0 aliphatic rings. The van der Waals surface area contributed by atoms with Crippen LogP contribution in [0, 0.1) is 0 Å². The molecule has 130 valence electrons. The summed E-state index contributed by atoms with van der Waals surface area (Å²) in [6, 6.07) is 5.52. The van der Waals surface area contributed by atoms with Gasteiger partial charge in [0.25, 0.3) is 0 Å². The van der Waals surface area contributed by atoms with E-state index in [1.54, 1.807) is 12.3 Å². The van der Waals surface area contributed by atoms with E-state index in [-0.39, 0.29) is 23.0 Å². The van der Waals surface area contributed by atoms with Crippen molar-refractivity contribution < 1.29 is 9.90 Å². The summed E-state index contributed by atoms with van der Waals surface area (Å²) in [5.74, 6) is 0.333. The number of aromatic nitrogens is 1. The number of aromatic amines is 1. The Morgan fingerprint density at radius 3 is 1.92 bits per heavy atom. The smallest absolute Gasteiger partial charge is 0.168 e. The second-order valence-corrected chi connectivity index (χ2v) is 8.78. The van der Waals surface area contributed by atoms with Crippen molar-refractivity contribution in [3.63, 3.8) is 0 Å². The summed E-state index contributed by atoms with van der Waals surface area (Å²) in [6.45, 7) is 12.4. The van der Waals surface area contributed by atoms with Crippen LogP contribution in [-0.4, -0.2) is 15.9 Å². The van der Waals surface area contributed by atoms with Crippen molar-refractivity contribution >= 4 is 17.4 Å². The van der Waals surface area contributed by atoms with E-state index in [1.807, 2.05) is 12.1 Å². The van der Waals surface area contributed by atoms with Gasteiger partial charge in [-0.3, -0.25) is 4.79 Å². The molecule has 1 aromatic heterocycles. The number of nitrogens with one attached hydrogen (secondary N) is 1. The Hall–Kier alpha value is -1.74. The van der Waals surface area contributed by atoms with E-state index < -0.39 is 0 Å².